The van der Waals surface area contributed by atoms with Crippen LogP contribution in [0.2, 0.25) is 0 Å². The minimum absolute atomic E-state index is 0.528. The van der Waals surface area contributed by atoms with Gasteiger partial charge < -0.3 is 10.2 Å². The first-order chi connectivity index (χ1) is 6.65. The number of nitrogen functional groups attached to an aromatic ring is 1. The number of hydrogen-bond donors (Lipinski definition) is 1. The molecule has 4 heteroatoms. The van der Waals surface area contributed by atoms with E-state index in [9.17, 15) is 0 Å². The van der Waals surface area contributed by atoms with Crippen LogP contribution in [0.4, 0.5) is 5.69 Å². The minimum Gasteiger partial charge on any atom is -0.439 e. The van der Waals surface area contributed by atoms with Crippen LogP contribution < -0.4 is 5.73 Å². The number of aromatic nitrogens is 2. The molecule has 0 bridgehead atoms. The maximum absolute atomic E-state index is 5.58. The predicted octanol–water partition coefficient (Wildman–Crippen LogP) is 2.00. The lowest BCUT2D eigenvalue weighted by Crippen LogP contribution is -1.93. The first-order valence-electron chi connectivity index (χ1n) is 4.66. The molecular formula is C10H13N3O. The first kappa shape index (κ1) is 8.99. The van der Waals surface area contributed by atoms with Gasteiger partial charge in [0.25, 0.3) is 0 Å². The van der Waals surface area contributed by atoms with Crippen molar-refractivity contribution in [2.45, 2.75) is 20.3 Å². The van der Waals surface area contributed by atoms with Crippen molar-refractivity contribution in [3.8, 4) is 0 Å². The van der Waals surface area contributed by atoms with Gasteiger partial charge in [-0.2, -0.15) is 4.98 Å². The van der Waals surface area contributed by atoms with Gasteiger partial charge in [0.05, 0.1) is 11.9 Å². The molecule has 0 atom stereocenters. The van der Waals surface area contributed by atoms with Crippen molar-refractivity contribution >= 4 is 16.9 Å². The zero-order chi connectivity index (χ0) is 10.1. The molecule has 2 aromatic rings. The highest BCUT2D eigenvalue weighted by Gasteiger charge is 2.08. The van der Waals surface area contributed by atoms with Crippen LogP contribution in [0.1, 0.15) is 19.7 Å². The summed E-state index contributed by atoms with van der Waals surface area (Å²) in [5.74, 6) is 1.26. The molecule has 0 amide bonds. The van der Waals surface area contributed by atoms with Gasteiger partial charge in [0.1, 0.15) is 0 Å². The number of nitrogens with two attached hydrogens (primary N) is 1. The number of rotatable bonds is 2. The third kappa shape index (κ3) is 1.69. The largest absolute Gasteiger partial charge is 0.439 e. The fraction of sp³-hybridized carbons (Fsp3) is 0.400. The molecule has 0 aliphatic rings. The van der Waals surface area contributed by atoms with Gasteiger partial charge in [-0.1, -0.05) is 13.8 Å². The van der Waals surface area contributed by atoms with Crippen LogP contribution in [0.15, 0.2) is 16.7 Å². The number of hydrogen-bond acceptors (Lipinski definition) is 4. The lowest BCUT2D eigenvalue weighted by molar-refractivity contribution is 0.482. The predicted molar refractivity (Wildman–Crippen MR) is 54.8 cm³/mol. The van der Waals surface area contributed by atoms with E-state index in [1.807, 2.05) is 0 Å². The van der Waals surface area contributed by atoms with Crippen LogP contribution in [0.5, 0.6) is 0 Å². The van der Waals surface area contributed by atoms with Crippen molar-refractivity contribution in [1.29, 1.82) is 0 Å². The second-order valence-electron chi connectivity index (χ2n) is 3.80. The van der Waals surface area contributed by atoms with Crippen LogP contribution in [0, 0.1) is 5.92 Å². The zero-order valence-corrected chi connectivity index (χ0v) is 8.32. The van der Waals surface area contributed by atoms with Crippen molar-refractivity contribution in [3.63, 3.8) is 0 Å². The number of pyridine rings is 1. The summed E-state index contributed by atoms with van der Waals surface area (Å²) < 4.78 is 5.51. The molecule has 4 nitrogen and oxygen atoms in total. The Labute approximate surface area is 82.1 Å². The highest BCUT2D eigenvalue weighted by Crippen LogP contribution is 2.17. The third-order valence-electron chi connectivity index (χ3n) is 1.90. The average molecular weight is 191 g/mol. The Balaban J connectivity index is 2.41. The Kier molecular flexibility index (Phi) is 2.11. The van der Waals surface area contributed by atoms with Crippen LogP contribution in [0.25, 0.3) is 11.2 Å². The monoisotopic (exact) mass is 191 g/mol. The second-order valence-corrected chi connectivity index (χ2v) is 3.80. The Hall–Kier alpha value is -1.58. The van der Waals surface area contributed by atoms with Crippen LogP contribution in [0.3, 0.4) is 0 Å². The molecule has 0 aromatic carbocycles. The molecule has 0 saturated heterocycles. The molecule has 0 saturated carbocycles. The normalized spacial score (nSPS) is 11.4. The Bertz CT molecular complexity index is 448. The fourth-order valence-electron chi connectivity index (χ4n) is 1.32. The fourth-order valence-corrected chi connectivity index (χ4v) is 1.32. The van der Waals surface area contributed by atoms with E-state index in [-0.39, 0.29) is 0 Å². The van der Waals surface area contributed by atoms with Gasteiger partial charge in [0.2, 0.25) is 0 Å². The van der Waals surface area contributed by atoms with Crippen LogP contribution >= 0.6 is 0 Å². The lowest BCUT2D eigenvalue weighted by atomic mass is 10.1. The van der Waals surface area contributed by atoms with E-state index in [1.54, 1.807) is 12.3 Å². The quantitative estimate of drug-likeness (QED) is 0.788. The molecule has 74 valence electrons. The molecule has 14 heavy (non-hydrogen) atoms. The minimum atomic E-state index is 0.528. The SMILES string of the molecule is CC(C)Cc1nc2ncc(N)cc2o1. The molecule has 0 radical (unpaired) electrons. The average Bonchev–Trinajstić information content (AvgIpc) is 2.44. The molecule has 2 rings (SSSR count). The standard InChI is InChI=1S/C10H13N3O/c1-6(2)3-9-13-10-8(14-9)4-7(11)5-12-10/h4-6H,3,11H2,1-2H3. The summed E-state index contributed by atoms with van der Waals surface area (Å²) in [5, 5.41) is 0. The van der Waals surface area contributed by atoms with E-state index in [2.05, 4.69) is 23.8 Å². The molecule has 0 aliphatic carbocycles. The molecule has 2 heterocycles. The smallest absolute Gasteiger partial charge is 0.198 e. The molecule has 2 aromatic heterocycles. The maximum Gasteiger partial charge on any atom is 0.198 e. The Morgan fingerprint density at radius 1 is 1.50 bits per heavy atom. The summed E-state index contributed by atoms with van der Waals surface area (Å²) in [6.07, 6.45) is 2.42. The Morgan fingerprint density at radius 3 is 3.00 bits per heavy atom. The van der Waals surface area contributed by atoms with Gasteiger partial charge >= 0.3 is 0 Å². The van der Waals surface area contributed by atoms with Gasteiger partial charge in [-0.3, -0.25) is 0 Å². The van der Waals surface area contributed by atoms with E-state index in [1.165, 1.54) is 0 Å². The van der Waals surface area contributed by atoms with E-state index in [4.69, 9.17) is 10.2 Å². The van der Waals surface area contributed by atoms with Gasteiger partial charge in [-0.15, -0.1) is 0 Å². The van der Waals surface area contributed by atoms with Crippen molar-refractivity contribution in [1.82, 2.24) is 9.97 Å². The summed E-state index contributed by atoms with van der Waals surface area (Å²) in [6, 6.07) is 1.75. The van der Waals surface area contributed by atoms with Gasteiger partial charge in [-0.25, -0.2) is 4.98 Å². The molecule has 0 unspecified atom stereocenters. The summed E-state index contributed by atoms with van der Waals surface area (Å²) in [7, 11) is 0. The second kappa shape index (κ2) is 3.29. The van der Waals surface area contributed by atoms with E-state index in [0.29, 0.717) is 22.8 Å². The maximum atomic E-state index is 5.58. The molecule has 0 fully saturated rings. The van der Waals surface area contributed by atoms with Crippen molar-refractivity contribution in [3.05, 3.63) is 18.2 Å². The number of anilines is 1. The first-order valence-corrected chi connectivity index (χ1v) is 4.66. The third-order valence-corrected chi connectivity index (χ3v) is 1.90. The summed E-state index contributed by atoms with van der Waals surface area (Å²) in [5.41, 5.74) is 7.49. The summed E-state index contributed by atoms with van der Waals surface area (Å²) >= 11 is 0. The molecule has 0 spiro atoms. The van der Waals surface area contributed by atoms with Gasteiger partial charge in [-0.05, 0) is 5.92 Å². The molecule has 0 aliphatic heterocycles. The highest BCUT2D eigenvalue weighted by atomic mass is 16.3. The summed E-state index contributed by atoms with van der Waals surface area (Å²) in [6.45, 7) is 4.24. The molecular weight excluding hydrogens is 178 g/mol. The number of oxazole rings is 1. The van der Waals surface area contributed by atoms with Gasteiger partial charge in [0.15, 0.2) is 17.1 Å². The van der Waals surface area contributed by atoms with E-state index < -0.39 is 0 Å². The zero-order valence-electron chi connectivity index (χ0n) is 8.32. The van der Waals surface area contributed by atoms with Crippen LogP contribution in [-0.2, 0) is 6.42 Å². The van der Waals surface area contributed by atoms with Crippen molar-refractivity contribution < 1.29 is 4.42 Å². The van der Waals surface area contributed by atoms with Crippen molar-refractivity contribution in [2.75, 3.05) is 5.73 Å². The van der Waals surface area contributed by atoms with Crippen LogP contribution in [-0.4, -0.2) is 9.97 Å². The van der Waals surface area contributed by atoms with E-state index in [0.717, 1.165) is 12.3 Å². The molecule has 2 N–H and O–H groups in total. The highest BCUT2D eigenvalue weighted by molar-refractivity contribution is 5.71. The van der Waals surface area contributed by atoms with E-state index >= 15 is 0 Å². The Morgan fingerprint density at radius 2 is 2.29 bits per heavy atom. The van der Waals surface area contributed by atoms with Crippen molar-refractivity contribution in [2.24, 2.45) is 5.92 Å². The number of fused-ring (bicyclic) bond motifs is 1. The van der Waals surface area contributed by atoms with Gasteiger partial charge in [0, 0.05) is 12.5 Å². The summed E-state index contributed by atoms with van der Waals surface area (Å²) in [4.78, 5) is 8.34. The topological polar surface area (TPSA) is 64.9 Å². The lowest BCUT2D eigenvalue weighted by Gasteiger charge is -1.96. The number of nitrogens with zero attached hydrogens (tertiary/aromatic N) is 2.